The van der Waals surface area contributed by atoms with Crippen LogP contribution in [0.15, 0.2) is 29.0 Å². The summed E-state index contributed by atoms with van der Waals surface area (Å²) in [5, 5.41) is 0. The summed E-state index contributed by atoms with van der Waals surface area (Å²) in [6.45, 7) is 6.14. The van der Waals surface area contributed by atoms with E-state index in [9.17, 15) is 4.79 Å². The Morgan fingerprint density at radius 1 is 1.56 bits per heavy atom. The molecule has 3 heteroatoms. The molecule has 1 aliphatic rings. The molecule has 0 fully saturated rings. The van der Waals surface area contributed by atoms with Gasteiger partial charge >= 0.3 is 0 Å². The molecule has 2 rings (SSSR count). The third kappa shape index (κ3) is 1.73. The molecule has 3 nitrogen and oxygen atoms in total. The fraction of sp³-hybridized carbons (Fsp3) is 0.385. The molecule has 1 aromatic rings. The summed E-state index contributed by atoms with van der Waals surface area (Å²) in [5.41, 5.74) is 3.71. The smallest absolute Gasteiger partial charge is 0.164 e. The van der Waals surface area contributed by atoms with Crippen molar-refractivity contribution in [2.45, 2.75) is 27.2 Å². The minimum atomic E-state index is -0.134. The molecule has 2 heterocycles. The van der Waals surface area contributed by atoms with Gasteiger partial charge in [0.05, 0.1) is 5.71 Å². The third-order valence-electron chi connectivity index (χ3n) is 3.10. The number of aldehydes is 1. The van der Waals surface area contributed by atoms with Crippen LogP contribution in [0.5, 0.6) is 0 Å². The molecule has 0 saturated heterocycles. The molecular weight excluding hydrogens is 200 g/mol. The van der Waals surface area contributed by atoms with E-state index in [1.54, 1.807) is 0 Å². The quantitative estimate of drug-likeness (QED) is 0.759. The maximum Gasteiger partial charge on any atom is 0.164 e. The number of nitrogens with zero attached hydrogens (tertiary/aromatic N) is 1. The van der Waals surface area contributed by atoms with Crippen molar-refractivity contribution in [3.05, 3.63) is 29.7 Å². The zero-order valence-electron chi connectivity index (χ0n) is 9.87. The lowest BCUT2D eigenvalue weighted by atomic mass is 9.85. The Labute approximate surface area is 95.3 Å². The van der Waals surface area contributed by atoms with Crippen molar-refractivity contribution in [3.63, 3.8) is 0 Å². The minimum absolute atomic E-state index is 0.134. The van der Waals surface area contributed by atoms with E-state index in [1.165, 1.54) is 0 Å². The highest BCUT2D eigenvalue weighted by atomic mass is 16.1. The number of hydrogen-bond donors (Lipinski definition) is 1. The van der Waals surface area contributed by atoms with Gasteiger partial charge in [-0.25, -0.2) is 0 Å². The second-order valence-electron chi connectivity index (χ2n) is 4.83. The summed E-state index contributed by atoms with van der Waals surface area (Å²) in [7, 11) is 0. The van der Waals surface area contributed by atoms with Gasteiger partial charge in [-0.05, 0) is 24.6 Å². The average molecular weight is 216 g/mol. The average Bonchev–Trinajstić information content (AvgIpc) is 2.83. The van der Waals surface area contributed by atoms with E-state index < -0.39 is 0 Å². The van der Waals surface area contributed by atoms with Gasteiger partial charge in [0, 0.05) is 29.4 Å². The predicted molar refractivity (Wildman–Crippen MR) is 65.3 cm³/mol. The van der Waals surface area contributed by atoms with Gasteiger partial charge < -0.3 is 4.98 Å². The van der Waals surface area contributed by atoms with Crippen LogP contribution in [0.1, 0.15) is 32.9 Å². The highest BCUT2D eigenvalue weighted by Crippen LogP contribution is 2.37. The van der Waals surface area contributed by atoms with Crippen molar-refractivity contribution in [3.8, 4) is 0 Å². The summed E-state index contributed by atoms with van der Waals surface area (Å²) >= 11 is 0. The number of allylic oxidation sites excluding steroid dienone is 2. The molecule has 1 aromatic heterocycles. The summed E-state index contributed by atoms with van der Waals surface area (Å²) in [5.74, 6) is 0. The van der Waals surface area contributed by atoms with E-state index in [-0.39, 0.29) is 5.41 Å². The van der Waals surface area contributed by atoms with Crippen LogP contribution in [0, 0.1) is 5.41 Å². The van der Waals surface area contributed by atoms with E-state index in [0.29, 0.717) is 5.71 Å². The van der Waals surface area contributed by atoms with Crippen molar-refractivity contribution in [1.29, 1.82) is 0 Å². The summed E-state index contributed by atoms with van der Waals surface area (Å²) in [4.78, 5) is 18.5. The zero-order chi connectivity index (χ0) is 11.8. The normalized spacial score (nSPS) is 21.8. The largest absolute Gasteiger partial charge is 0.361 e. The zero-order valence-corrected chi connectivity index (χ0v) is 9.87. The van der Waals surface area contributed by atoms with Crippen LogP contribution >= 0.6 is 0 Å². The van der Waals surface area contributed by atoms with Gasteiger partial charge in [0.1, 0.15) is 0 Å². The first-order valence-corrected chi connectivity index (χ1v) is 5.42. The van der Waals surface area contributed by atoms with E-state index in [1.807, 2.05) is 25.3 Å². The molecule has 0 aromatic carbocycles. The molecule has 84 valence electrons. The van der Waals surface area contributed by atoms with E-state index >= 15 is 0 Å². The minimum Gasteiger partial charge on any atom is -0.361 e. The lowest BCUT2D eigenvalue weighted by Gasteiger charge is -2.15. The van der Waals surface area contributed by atoms with Crippen molar-refractivity contribution >= 4 is 17.6 Å². The molecule has 1 aliphatic heterocycles. The van der Waals surface area contributed by atoms with Gasteiger partial charge in [-0.1, -0.05) is 13.8 Å². The Kier molecular flexibility index (Phi) is 2.54. The lowest BCUT2D eigenvalue weighted by Crippen LogP contribution is -2.20. The summed E-state index contributed by atoms with van der Waals surface area (Å²) in [6, 6.07) is 3.98. The molecule has 16 heavy (non-hydrogen) atoms. The standard InChI is InChI=1S/C13H16N2O/c1-9(10-5-4-6-14-10)11-7-13(2,3)12(8-16)15-11/h4-6,8,14H,7H2,1-3H3/b11-9-. The number of hydrogen-bond acceptors (Lipinski definition) is 2. The first-order valence-electron chi connectivity index (χ1n) is 5.42. The van der Waals surface area contributed by atoms with Crippen LogP contribution in [-0.4, -0.2) is 17.0 Å². The van der Waals surface area contributed by atoms with Gasteiger partial charge in [0.15, 0.2) is 6.29 Å². The number of aromatic amines is 1. The van der Waals surface area contributed by atoms with Crippen LogP contribution in [0.3, 0.4) is 0 Å². The molecule has 0 radical (unpaired) electrons. The number of H-pyrrole nitrogens is 1. The van der Waals surface area contributed by atoms with Gasteiger partial charge in [0.25, 0.3) is 0 Å². The molecule has 0 unspecified atom stereocenters. The first kappa shape index (κ1) is 10.9. The van der Waals surface area contributed by atoms with Crippen molar-refractivity contribution in [2.75, 3.05) is 0 Å². The molecular formula is C13H16N2O. The highest BCUT2D eigenvalue weighted by molar-refractivity contribution is 6.31. The van der Waals surface area contributed by atoms with Crippen LogP contribution in [-0.2, 0) is 4.79 Å². The van der Waals surface area contributed by atoms with Gasteiger partial charge in [-0.15, -0.1) is 0 Å². The Bertz CT molecular complexity index is 464. The highest BCUT2D eigenvalue weighted by Gasteiger charge is 2.32. The van der Waals surface area contributed by atoms with E-state index in [4.69, 9.17) is 0 Å². The third-order valence-corrected chi connectivity index (χ3v) is 3.10. The van der Waals surface area contributed by atoms with Crippen molar-refractivity contribution in [2.24, 2.45) is 10.4 Å². The second kappa shape index (κ2) is 3.74. The number of nitrogens with one attached hydrogen (secondary N) is 1. The van der Waals surface area contributed by atoms with Crippen LogP contribution in [0.25, 0.3) is 5.57 Å². The van der Waals surface area contributed by atoms with Gasteiger partial charge in [-0.3, -0.25) is 9.79 Å². The maximum absolute atomic E-state index is 10.9. The number of aliphatic imine (C=N–C) groups is 1. The number of aromatic nitrogens is 1. The molecule has 0 atom stereocenters. The second-order valence-corrected chi connectivity index (χ2v) is 4.83. The molecule has 0 aliphatic carbocycles. The van der Waals surface area contributed by atoms with E-state index in [0.717, 1.165) is 29.7 Å². The number of carbonyl (C=O) groups is 1. The fourth-order valence-electron chi connectivity index (χ4n) is 1.97. The molecule has 0 saturated carbocycles. The van der Waals surface area contributed by atoms with E-state index in [2.05, 4.69) is 23.8 Å². The van der Waals surface area contributed by atoms with Crippen molar-refractivity contribution < 1.29 is 4.79 Å². The molecule has 0 amide bonds. The Morgan fingerprint density at radius 3 is 2.81 bits per heavy atom. The van der Waals surface area contributed by atoms with Crippen LogP contribution < -0.4 is 0 Å². The monoisotopic (exact) mass is 216 g/mol. The van der Waals surface area contributed by atoms with Crippen molar-refractivity contribution in [1.82, 2.24) is 4.98 Å². The molecule has 0 bridgehead atoms. The van der Waals surface area contributed by atoms with Crippen LogP contribution in [0.4, 0.5) is 0 Å². The summed E-state index contributed by atoms with van der Waals surface area (Å²) in [6.07, 6.45) is 3.59. The maximum atomic E-state index is 10.9. The first-order chi connectivity index (χ1) is 7.54. The topological polar surface area (TPSA) is 45.2 Å². The Hall–Kier alpha value is -1.64. The number of rotatable bonds is 2. The lowest BCUT2D eigenvalue weighted by molar-refractivity contribution is -0.103. The Balaban J connectivity index is 2.42. The summed E-state index contributed by atoms with van der Waals surface area (Å²) < 4.78 is 0. The number of carbonyl (C=O) groups excluding carboxylic acids is 1. The fourth-order valence-corrected chi connectivity index (χ4v) is 1.97. The Morgan fingerprint density at radius 2 is 2.31 bits per heavy atom. The molecule has 0 spiro atoms. The van der Waals surface area contributed by atoms with Crippen LogP contribution in [0.2, 0.25) is 0 Å². The molecule has 1 N–H and O–H groups in total. The SMILES string of the molecule is C/C(=C1\CC(C)(C)C(C=O)=N1)c1ccc[nH]1. The van der Waals surface area contributed by atoms with Gasteiger partial charge in [-0.2, -0.15) is 0 Å². The van der Waals surface area contributed by atoms with Gasteiger partial charge in [0.2, 0.25) is 0 Å². The predicted octanol–water partition coefficient (Wildman–Crippen LogP) is 2.82.